The van der Waals surface area contributed by atoms with E-state index in [0.717, 1.165) is 18.7 Å². The van der Waals surface area contributed by atoms with Crippen molar-refractivity contribution in [2.45, 2.75) is 52.6 Å². The maximum atomic E-state index is 12.0. The highest BCUT2D eigenvalue weighted by Crippen LogP contribution is 2.15. The predicted molar refractivity (Wildman–Crippen MR) is 75.4 cm³/mol. The van der Waals surface area contributed by atoms with Gasteiger partial charge in [0.1, 0.15) is 0 Å². The summed E-state index contributed by atoms with van der Waals surface area (Å²) >= 11 is 0. The Labute approximate surface area is 115 Å². The van der Waals surface area contributed by atoms with Crippen molar-refractivity contribution in [2.24, 2.45) is 0 Å². The van der Waals surface area contributed by atoms with Crippen molar-refractivity contribution in [3.05, 3.63) is 11.8 Å². The Morgan fingerprint density at radius 2 is 2.16 bits per heavy atom. The maximum Gasteiger partial charge on any atom is 0.246 e. The van der Waals surface area contributed by atoms with Crippen molar-refractivity contribution in [3.63, 3.8) is 0 Å². The molecule has 1 aliphatic heterocycles. The Morgan fingerprint density at radius 3 is 2.68 bits per heavy atom. The molecule has 0 aromatic rings. The van der Waals surface area contributed by atoms with Crippen LogP contribution in [-0.2, 0) is 9.59 Å². The summed E-state index contributed by atoms with van der Waals surface area (Å²) in [6.45, 7) is 10.9. The predicted octanol–water partition coefficient (Wildman–Crippen LogP) is 1.02. The number of piperazine rings is 1. The number of amides is 2. The van der Waals surface area contributed by atoms with Gasteiger partial charge in [-0.05, 0) is 34.1 Å². The van der Waals surface area contributed by atoms with E-state index in [0.29, 0.717) is 6.54 Å². The minimum atomic E-state index is -0.259. The number of carbonyl (C=O) groups is 2. The van der Waals surface area contributed by atoms with Crippen LogP contribution in [0, 0.1) is 0 Å². The second-order valence-electron chi connectivity index (χ2n) is 6.02. The molecule has 1 heterocycles. The molecule has 1 fully saturated rings. The molecular weight excluding hydrogens is 242 g/mol. The second kappa shape index (κ2) is 6.08. The van der Waals surface area contributed by atoms with E-state index < -0.39 is 0 Å². The Bertz CT molecular complexity index is 383. The van der Waals surface area contributed by atoms with E-state index in [1.807, 2.05) is 32.6 Å². The highest BCUT2D eigenvalue weighted by molar-refractivity contribution is 5.89. The fraction of sp³-hybridized carbons (Fsp3) is 0.714. The molecule has 1 aliphatic rings. The number of hydrogen-bond donors (Lipinski definition) is 2. The second-order valence-corrected chi connectivity index (χ2v) is 6.02. The van der Waals surface area contributed by atoms with Crippen molar-refractivity contribution in [2.75, 3.05) is 13.1 Å². The molecule has 0 bridgehead atoms. The van der Waals surface area contributed by atoms with Crippen molar-refractivity contribution in [3.8, 4) is 0 Å². The third kappa shape index (κ3) is 4.93. The summed E-state index contributed by atoms with van der Waals surface area (Å²) in [6.07, 6.45) is 2.54. The van der Waals surface area contributed by atoms with Gasteiger partial charge in [0, 0.05) is 23.9 Å². The summed E-state index contributed by atoms with van der Waals surface area (Å²) in [5, 5.41) is 5.76. The van der Waals surface area contributed by atoms with E-state index in [-0.39, 0.29) is 23.4 Å². The van der Waals surface area contributed by atoms with E-state index in [1.165, 1.54) is 0 Å². The first-order chi connectivity index (χ1) is 8.73. The molecule has 2 N–H and O–H groups in total. The molecule has 0 aliphatic carbocycles. The molecule has 1 saturated heterocycles. The van der Waals surface area contributed by atoms with Gasteiger partial charge in [0.25, 0.3) is 0 Å². The van der Waals surface area contributed by atoms with E-state index in [1.54, 1.807) is 6.08 Å². The number of hydrogen-bond acceptors (Lipinski definition) is 3. The lowest BCUT2D eigenvalue weighted by atomic mass is 10.1. The van der Waals surface area contributed by atoms with Crippen LogP contribution in [-0.4, -0.2) is 41.4 Å². The van der Waals surface area contributed by atoms with Gasteiger partial charge in [-0.2, -0.15) is 0 Å². The number of rotatable bonds is 3. The normalized spacial score (nSPS) is 22.4. The van der Waals surface area contributed by atoms with Gasteiger partial charge in [0.05, 0.1) is 12.6 Å². The SMILES string of the molecule is CCCN1CC(=O)N[C@@H](C)C1=CC(=O)NC(C)(C)C. The van der Waals surface area contributed by atoms with E-state index >= 15 is 0 Å². The monoisotopic (exact) mass is 267 g/mol. The molecule has 0 unspecified atom stereocenters. The van der Waals surface area contributed by atoms with Gasteiger partial charge in [-0.15, -0.1) is 0 Å². The van der Waals surface area contributed by atoms with E-state index in [9.17, 15) is 9.59 Å². The average molecular weight is 267 g/mol. The molecule has 0 aromatic carbocycles. The summed E-state index contributed by atoms with van der Waals surface area (Å²) in [5.74, 6) is -0.110. The molecule has 5 nitrogen and oxygen atoms in total. The van der Waals surface area contributed by atoms with Crippen LogP contribution in [0.3, 0.4) is 0 Å². The summed E-state index contributed by atoms with van der Waals surface area (Å²) in [7, 11) is 0. The highest BCUT2D eigenvalue weighted by Gasteiger charge is 2.26. The van der Waals surface area contributed by atoms with Gasteiger partial charge in [0.2, 0.25) is 11.8 Å². The molecule has 0 radical (unpaired) electrons. The summed E-state index contributed by atoms with van der Waals surface area (Å²) in [4.78, 5) is 25.5. The average Bonchev–Trinajstić information content (AvgIpc) is 2.21. The zero-order valence-corrected chi connectivity index (χ0v) is 12.5. The van der Waals surface area contributed by atoms with Crippen LogP contribution in [0.5, 0.6) is 0 Å². The minimum Gasteiger partial charge on any atom is -0.364 e. The fourth-order valence-corrected chi connectivity index (χ4v) is 2.13. The van der Waals surface area contributed by atoms with Crippen LogP contribution in [0.2, 0.25) is 0 Å². The van der Waals surface area contributed by atoms with Crippen LogP contribution in [0.4, 0.5) is 0 Å². The molecule has 0 spiro atoms. The first-order valence-electron chi connectivity index (χ1n) is 6.81. The molecule has 108 valence electrons. The van der Waals surface area contributed by atoms with Crippen molar-refractivity contribution >= 4 is 11.8 Å². The number of carbonyl (C=O) groups excluding carboxylic acids is 2. The number of nitrogens with one attached hydrogen (secondary N) is 2. The summed E-state index contributed by atoms with van der Waals surface area (Å²) in [6, 6.07) is -0.126. The van der Waals surface area contributed by atoms with E-state index in [4.69, 9.17) is 0 Å². The molecule has 2 amide bonds. The zero-order chi connectivity index (χ0) is 14.6. The van der Waals surface area contributed by atoms with E-state index in [2.05, 4.69) is 17.6 Å². The highest BCUT2D eigenvalue weighted by atomic mass is 16.2. The maximum absolute atomic E-state index is 12.0. The van der Waals surface area contributed by atoms with Gasteiger partial charge in [-0.1, -0.05) is 6.92 Å². The fourth-order valence-electron chi connectivity index (χ4n) is 2.13. The largest absolute Gasteiger partial charge is 0.364 e. The van der Waals surface area contributed by atoms with Gasteiger partial charge >= 0.3 is 0 Å². The third-order valence-corrected chi connectivity index (χ3v) is 2.79. The van der Waals surface area contributed by atoms with Gasteiger partial charge < -0.3 is 15.5 Å². The summed E-state index contributed by atoms with van der Waals surface area (Å²) in [5.41, 5.74) is 0.619. The van der Waals surface area contributed by atoms with Crippen LogP contribution >= 0.6 is 0 Å². The van der Waals surface area contributed by atoms with Crippen LogP contribution in [0.25, 0.3) is 0 Å². The molecule has 1 rings (SSSR count). The van der Waals surface area contributed by atoms with Crippen molar-refractivity contribution in [1.82, 2.24) is 15.5 Å². The summed E-state index contributed by atoms with van der Waals surface area (Å²) < 4.78 is 0. The lowest BCUT2D eigenvalue weighted by Gasteiger charge is -2.35. The Balaban J connectivity index is 2.86. The molecular formula is C14H25N3O2. The first kappa shape index (κ1) is 15.5. The van der Waals surface area contributed by atoms with Crippen LogP contribution in [0.1, 0.15) is 41.0 Å². The van der Waals surface area contributed by atoms with Gasteiger partial charge in [-0.25, -0.2) is 0 Å². The molecule has 0 saturated carbocycles. The topological polar surface area (TPSA) is 61.4 Å². The van der Waals surface area contributed by atoms with Crippen molar-refractivity contribution in [1.29, 1.82) is 0 Å². The molecule has 1 atom stereocenters. The van der Waals surface area contributed by atoms with Gasteiger partial charge in [-0.3, -0.25) is 9.59 Å². The zero-order valence-electron chi connectivity index (χ0n) is 12.5. The lowest BCUT2D eigenvalue weighted by molar-refractivity contribution is -0.124. The van der Waals surface area contributed by atoms with Crippen LogP contribution < -0.4 is 10.6 Å². The standard InChI is InChI=1S/C14H25N3O2/c1-6-7-17-9-13(19)15-10(2)11(17)8-12(18)16-14(3,4)5/h8,10H,6-7,9H2,1-5H3,(H,15,19)(H,16,18)/t10-/m0/s1. The Kier molecular flexibility index (Phi) is 4.97. The number of nitrogens with zero attached hydrogens (tertiary/aromatic N) is 1. The Hall–Kier alpha value is -1.52. The molecule has 5 heteroatoms. The molecule has 19 heavy (non-hydrogen) atoms. The quantitative estimate of drug-likeness (QED) is 0.750. The van der Waals surface area contributed by atoms with Crippen LogP contribution in [0.15, 0.2) is 11.8 Å². The third-order valence-electron chi connectivity index (χ3n) is 2.79. The molecule has 0 aromatic heterocycles. The first-order valence-corrected chi connectivity index (χ1v) is 6.81. The smallest absolute Gasteiger partial charge is 0.246 e. The minimum absolute atomic E-state index is 0.00864. The lowest BCUT2D eigenvalue weighted by Crippen LogP contribution is -2.52. The Morgan fingerprint density at radius 1 is 1.53 bits per heavy atom. The van der Waals surface area contributed by atoms with Gasteiger partial charge in [0.15, 0.2) is 0 Å². The van der Waals surface area contributed by atoms with Crippen molar-refractivity contribution < 1.29 is 9.59 Å².